The Bertz CT molecular complexity index is 234. The summed E-state index contributed by atoms with van der Waals surface area (Å²) in [5, 5.41) is 9.26. The van der Waals surface area contributed by atoms with Crippen LogP contribution < -0.4 is 5.73 Å². The lowest BCUT2D eigenvalue weighted by atomic mass is 10.0. The van der Waals surface area contributed by atoms with Crippen LogP contribution in [0.25, 0.3) is 0 Å². The summed E-state index contributed by atoms with van der Waals surface area (Å²) in [5.41, 5.74) is 4.50. The molecule has 3 heteroatoms. The Kier molecular flexibility index (Phi) is 26.9. The summed E-state index contributed by atoms with van der Waals surface area (Å²) in [6.45, 7) is 6.52. The fourth-order valence-corrected chi connectivity index (χ4v) is 3.34. The second-order valence-electron chi connectivity index (χ2n) is 7.89. The van der Waals surface area contributed by atoms with Crippen LogP contribution in [-0.2, 0) is 0 Å². The first kappa shape index (κ1) is 28.1. The second-order valence-corrected chi connectivity index (χ2v) is 7.89. The summed E-state index contributed by atoms with van der Waals surface area (Å²) in [6, 6.07) is 0. The third-order valence-electron chi connectivity index (χ3n) is 5.06. The zero-order valence-corrected chi connectivity index (χ0v) is 18.8. The van der Waals surface area contributed by atoms with Crippen LogP contribution in [0, 0.1) is 0 Å². The predicted octanol–water partition coefficient (Wildman–Crippen LogP) is 6.14. The van der Waals surface area contributed by atoms with Crippen molar-refractivity contribution in [2.45, 2.75) is 123 Å². The fourth-order valence-electron chi connectivity index (χ4n) is 3.34. The first-order valence-corrected chi connectivity index (χ1v) is 11.6. The molecular formula is C23H52N2O. The Balaban J connectivity index is 0. The minimum Gasteiger partial charge on any atom is -0.393 e. The highest BCUT2D eigenvalue weighted by Gasteiger charge is 2.00. The maximum atomic E-state index is 9.26. The minimum absolute atomic E-state index is 0.139. The van der Waals surface area contributed by atoms with Crippen molar-refractivity contribution in [1.82, 2.24) is 4.90 Å². The van der Waals surface area contributed by atoms with E-state index in [-0.39, 0.29) is 6.10 Å². The molecule has 0 bridgehead atoms. The van der Waals surface area contributed by atoms with Crippen molar-refractivity contribution in [3.63, 3.8) is 0 Å². The number of rotatable bonds is 19. The highest BCUT2D eigenvalue weighted by Crippen LogP contribution is 2.13. The topological polar surface area (TPSA) is 49.5 Å². The van der Waals surface area contributed by atoms with Crippen LogP contribution in [0.5, 0.6) is 0 Å². The van der Waals surface area contributed by atoms with Crippen molar-refractivity contribution in [1.29, 1.82) is 0 Å². The third kappa shape index (κ3) is 26.1. The van der Waals surface area contributed by atoms with Gasteiger partial charge in [0.15, 0.2) is 0 Å². The summed E-state index contributed by atoms with van der Waals surface area (Å²) in [7, 11) is 3.71. The number of unbranched alkanes of at least 4 members (excludes halogenated alkanes) is 13. The predicted molar refractivity (Wildman–Crippen MR) is 119 cm³/mol. The van der Waals surface area contributed by atoms with E-state index < -0.39 is 0 Å². The largest absolute Gasteiger partial charge is 0.393 e. The van der Waals surface area contributed by atoms with Crippen molar-refractivity contribution in [2.75, 3.05) is 27.2 Å². The lowest BCUT2D eigenvalue weighted by Gasteiger charge is -2.16. The summed E-state index contributed by atoms with van der Waals surface area (Å²) in [6.07, 6.45) is 21.9. The average Bonchev–Trinajstić information content (AvgIpc) is 2.63. The van der Waals surface area contributed by atoms with Gasteiger partial charge in [-0.1, -0.05) is 90.4 Å². The van der Waals surface area contributed by atoms with Gasteiger partial charge in [-0.15, -0.1) is 0 Å². The van der Waals surface area contributed by atoms with Crippen LogP contribution >= 0.6 is 0 Å². The van der Waals surface area contributed by atoms with Crippen molar-refractivity contribution in [3.05, 3.63) is 0 Å². The molecule has 0 radical (unpaired) electrons. The summed E-state index contributed by atoms with van der Waals surface area (Å²) in [5.74, 6) is 0. The van der Waals surface area contributed by atoms with Crippen LogP contribution in [-0.4, -0.2) is 43.3 Å². The smallest absolute Gasteiger partial charge is 0.0512 e. The molecule has 1 unspecified atom stereocenters. The van der Waals surface area contributed by atoms with E-state index >= 15 is 0 Å². The van der Waals surface area contributed by atoms with E-state index in [1.54, 1.807) is 0 Å². The quantitative estimate of drug-likeness (QED) is 0.268. The molecule has 0 aliphatic heterocycles. The van der Waals surface area contributed by atoms with Gasteiger partial charge in [-0.05, 0) is 53.4 Å². The van der Waals surface area contributed by atoms with E-state index in [0.29, 0.717) is 0 Å². The molecule has 0 rings (SSSR count). The molecule has 0 heterocycles. The SMILES string of the molecule is CCCCCCCCCCCCCCCCN(C)CCCC(C)O.CN. The van der Waals surface area contributed by atoms with Gasteiger partial charge in [-0.25, -0.2) is 0 Å². The molecule has 0 saturated carbocycles. The molecule has 160 valence electrons. The maximum Gasteiger partial charge on any atom is 0.0512 e. The van der Waals surface area contributed by atoms with Crippen molar-refractivity contribution < 1.29 is 5.11 Å². The van der Waals surface area contributed by atoms with E-state index in [9.17, 15) is 5.11 Å². The minimum atomic E-state index is -0.139. The van der Waals surface area contributed by atoms with Crippen LogP contribution in [0.3, 0.4) is 0 Å². The Morgan fingerprint density at radius 2 is 1.00 bits per heavy atom. The molecule has 26 heavy (non-hydrogen) atoms. The number of aliphatic hydroxyl groups excluding tert-OH is 1. The van der Waals surface area contributed by atoms with Crippen LogP contribution in [0.15, 0.2) is 0 Å². The lowest BCUT2D eigenvalue weighted by Crippen LogP contribution is -2.21. The molecule has 0 spiro atoms. The molecule has 0 saturated heterocycles. The molecular weight excluding hydrogens is 320 g/mol. The zero-order chi connectivity index (χ0) is 19.9. The van der Waals surface area contributed by atoms with Gasteiger partial charge in [-0.3, -0.25) is 0 Å². The summed E-state index contributed by atoms with van der Waals surface area (Å²) < 4.78 is 0. The van der Waals surface area contributed by atoms with E-state index in [0.717, 1.165) is 19.4 Å². The monoisotopic (exact) mass is 372 g/mol. The number of nitrogens with two attached hydrogens (primary N) is 1. The third-order valence-corrected chi connectivity index (χ3v) is 5.06. The van der Waals surface area contributed by atoms with Gasteiger partial charge in [0.2, 0.25) is 0 Å². The summed E-state index contributed by atoms with van der Waals surface area (Å²) in [4.78, 5) is 2.42. The Hall–Kier alpha value is -0.120. The van der Waals surface area contributed by atoms with E-state index in [1.807, 2.05) is 6.92 Å². The Morgan fingerprint density at radius 1 is 0.654 bits per heavy atom. The number of hydrogen-bond acceptors (Lipinski definition) is 3. The highest BCUT2D eigenvalue weighted by molar-refractivity contribution is 4.56. The van der Waals surface area contributed by atoms with Crippen LogP contribution in [0.2, 0.25) is 0 Å². The number of hydrogen-bond donors (Lipinski definition) is 2. The Labute approximate surface area is 166 Å². The van der Waals surface area contributed by atoms with E-state index in [2.05, 4.69) is 24.6 Å². The van der Waals surface area contributed by atoms with Gasteiger partial charge < -0.3 is 15.7 Å². The van der Waals surface area contributed by atoms with Crippen molar-refractivity contribution in [3.8, 4) is 0 Å². The maximum absolute atomic E-state index is 9.26. The average molecular weight is 373 g/mol. The molecule has 3 nitrogen and oxygen atoms in total. The molecule has 0 aromatic heterocycles. The number of nitrogens with zero attached hydrogens (tertiary/aromatic N) is 1. The standard InChI is InChI=1S/C22H47NO.CH5N/c1-4-5-6-7-8-9-10-11-12-13-14-15-16-17-20-23(3)21-18-19-22(2)24;1-2/h22,24H,4-21H2,1-3H3;2H2,1H3. The molecule has 0 aromatic carbocycles. The molecule has 0 amide bonds. The first-order valence-electron chi connectivity index (χ1n) is 11.6. The van der Waals surface area contributed by atoms with Gasteiger partial charge in [0, 0.05) is 0 Å². The molecule has 1 atom stereocenters. The van der Waals surface area contributed by atoms with Crippen molar-refractivity contribution >= 4 is 0 Å². The Morgan fingerprint density at radius 3 is 1.38 bits per heavy atom. The van der Waals surface area contributed by atoms with Gasteiger partial charge in [-0.2, -0.15) is 0 Å². The molecule has 0 aromatic rings. The molecule has 0 aliphatic carbocycles. The highest BCUT2D eigenvalue weighted by atomic mass is 16.3. The van der Waals surface area contributed by atoms with Crippen LogP contribution in [0.1, 0.15) is 117 Å². The van der Waals surface area contributed by atoms with E-state index in [1.165, 1.54) is 103 Å². The van der Waals surface area contributed by atoms with Gasteiger partial charge in [0.25, 0.3) is 0 Å². The molecule has 0 aliphatic rings. The molecule has 3 N–H and O–H groups in total. The van der Waals surface area contributed by atoms with Gasteiger partial charge >= 0.3 is 0 Å². The van der Waals surface area contributed by atoms with Crippen LogP contribution in [0.4, 0.5) is 0 Å². The van der Waals surface area contributed by atoms with Gasteiger partial charge in [0.1, 0.15) is 0 Å². The van der Waals surface area contributed by atoms with E-state index in [4.69, 9.17) is 0 Å². The first-order chi connectivity index (χ1) is 12.7. The number of aliphatic hydroxyl groups is 1. The second kappa shape index (κ2) is 24.9. The summed E-state index contributed by atoms with van der Waals surface area (Å²) >= 11 is 0. The molecule has 0 fully saturated rings. The zero-order valence-electron chi connectivity index (χ0n) is 18.8. The van der Waals surface area contributed by atoms with Gasteiger partial charge in [0.05, 0.1) is 6.10 Å². The normalized spacial score (nSPS) is 12.1. The fraction of sp³-hybridized carbons (Fsp3) is 1.00. The lowest BCUT2D eigenvalue weighted by molar-refractivity contribution is 0.174. The van der Waals surface area contributed by atoms with Crippen molar-refractivity contribution in [2.24, 2.45) is 5.73 Å².